The van der Waals surface area contributed by atoms with Gasteiger partial charge in [0.2, 0.25) is 0 Å². The highest BCUT2D eigenvalue weighted by Crippen LogP contribution is 2.30. The molecule has 2 aromatic heterocycles. The number of thiophene rings is 1. The first-order valence-electron chi connectivity index (χ1n) is 6.24. The van der Waals surface area contributed by atoms with E-state index < -0.39 is 0 Å². The van der Waals surface area contributed by atoms with Crippen molar-refractivity contribution in [2.45, 2.75) is 26.3 Å². The second-order valence-corrected chi connectivity index (χ2v) is 6.30. The molecule has 104 valence electrons. The molecule has 1 atom stereocenters. The number of rotatable bonds is 6. The molecular formula is C13H19N3OS2. The van der Waals surface area contributed by atoms with Crippen molar-refractivity contribution >= 4 is 39.1 Å². The Kier molecular flexibility index (Phi) is 5.01. The standard InChI is InChI=1S/C13H19N3OS2/c1-8-6-19-13-11(8)12(14-9(2)15-13)16-10(4-5-17)7-18-3/h6,10,17H,4-5,7H2,1-3H3,(H,14,15,16)/t10-/m1/s1. The molecule has 0 amide bonds. The lowest BCUT2D eigenvalue weighted by molar-refractivity contribution is 0.282. The van der Waals surface area contributed by atoms with Gasteiger partial charge in [-0.25, -0.2) is 9.97 Å². The van der Waals surface area contributed by atoms with Crippen molar-refractivity contribution in [1.82, 2.24) is 9.97 Å². The van der Waals surface area contributed by atoms with Crippen LogP contribution in [0.25, 0.3) is 10.2 Å². The van der Waals surface area contributed by atoms with Crippen LogP contribution in [-0.4, -0.2) is 39.7 Å². The second kappa shape index (κ2) is 6.54. The van der Waals surface area contributed by atoms with E-state index in [2.05, 4.69) is 33.8 Å². The maximum absolute atomic E-state index is 9.14. The lowest BCUT2D eigenvalue weighted by atomic mass is 10.2. The quantitative estimate of drug-likeness (QED) is 0.858. The van der Waals surface area contributed by atoms with Crippen LogP contribution in [0.2, 0.25) is 0 Å². The number of aromatic nitrogens is 2. The molecule has 0 aromatic carbocycles. The fourth-order valence-corrected chi connectivity index (χ4v) is 3.66. The Balaban J connectivity index is 2.34. The van der Waals surface area contributed by atoms with Gasteiger partial charge in [0, 0.05) is 18.4 Å². The number of aliphatic hydroxyl groups is 1. The maximum atomic E-state index is 9.14. The molecule has 0 aliphatic heterocycles. The van der Waals surface area contributed by atoms with Crippen LogP contribution in [0, 0.1) is 13.8 Å². The molecular weight excluding hydrogens is 278 g/mol. The summed E-state index contributed by atoms with van der Waals surface area (Å²) in [6.07, 6.45) is 2.80. The van der Waals surface area contributed by atoms with Gasteiger partial charge < -0.3 is 10.4 Å². The number of nitrogens with one attached hydrogen (secondary N) is 1. The van der Waals surface area contributed by atoms with E-state index in [4.69, 9.17) is 5.11 Å². The number of hydrogen-bond donors (Lipinski definition) is 2. The molecule has 0 fully saturated rings. The van der Waals surface area contributed by atoms with Crippen LogP contribution >= 0.6 is 23.1 Å². The number of thioether (sulfide) groups is 1. The highest BCUT2D eigenvalue weighted by atomic mass is 32.2. The molecule has 0 bridgehead atoms. The molecule has 0 saturated heterocycles. The molecule has 19 heavy (non-hydrogen) atoms. The van der Waals surface area contributed by atoms with E-state index in [0.29, 0.717) is 0 Å². The minimum Gasteiger partial charge on any atom is -0.396 e. The summed E-state index contributed by atoms with van der Waals surface area (Å²) in [6.45, 7) is 4.18. The number of aryl methyl sites for hydroxylation is 2. The molecule has 0 aliphatic rings. The van der Waals surface area contributed by atoms with Gasteiger partial charge in [0.1, 0.15) is 16.5 Å². The average molecular weight is 297 g/mol. The minimum atomic E-state index is 0.189. The third-order valence-corrected chi connectivity index (χ3v) is 4.64. The van der Waals surface area contributed by atoms with Crippen LogP contribution in [0.5, 0.6) is 0 Å². The third kappa shape index (κ3) is 3.38. The highest BCUT2D eigenvalue weighted by molar-refractivity contribution is 7.98. The normalized spacial score (nSPS) is 12.8. The largest absolute Gasteiger partial charge is 0.396 e. The Morgan fingerprint density at radius 3 is 2.89 bits per heavy atom. The minimum absolute atomic E-state index is 0.189. The van der Waals surface area contributed by atoms with Gasteiger partial charge >= 0.3 is 0 Å². The zero-order valence-corrected chi connectivity index (χ0v) is 13.1. The van der Waals surface area contributed by atoms with Crippen molar-refractivity contribution in [3.8, 4) is 0 Å². The van der Waals surface area contributed by atoms with Gasteiger partial charge in [-0.3, -0.25) is 0 Å². The first-order chi connectivity index (χ1) is 9.15. The summed E-state index contributed by atoms with van der Waals surface area (Å²) in [7, 11) is 0. The Morgan fingerprint density at radius 2 is 2.21 bits per heavy atom. The SMILES string of the molecule is CSC[C@@H](CCO)Nc1nc(C)nc2scc(C)c12. The molecule has 2 N–H and O–H groups in total. The Hall–Kier alpha value is -0.850. The molecule has 0 aliphatic carbocycles. The topological polar surface area (TPSA) is 58.0 Å². The Bertz CT molecular complexity index is 550. The van der Waals surface area contributed by atoms with Crippen molar-refractivity contribution < 1.29 is 5.11 Å². The molecule has 2 rings (SSSR count). The number of aliphatic hydroxyl groups excluding tert-OH is 1. The van der Waals surface area contributed by atoms with Crippen molar-refractivity contribution in [2.75, 3.05) is 23.9 Å². The summed E-state index contributed by atoms with van der Waals surface area (Å²) < 4.78 is 0. The molecule has 0 unspecified atom stereocenters. The van der Waals surface area contributed by atoms with E-state index >= 15 is 0 Å². The van der Waals surface area contributed by atoms with Crippen molar-refractivity contribution in [2.24, 2.45) is 0 Å². The third-order valence-electron chi connectivity index (χ3n) is 2.92. The lowest BCUT2D eigenvalue weighted by Crippen LogP contribution is -2.24. The molecule has 6 heteroatoms. The van der Waals surface area contributed by atoms with Gasteiger partial charge in [0.25, 0.3) is 0 Å². The van der Waals surface area contributed by atoms with Crippen LogP contribution < -0.4 is 5.32 Å². The highest BCUT2D eigenvalue weighted by Gasteiger charge is 2.14. The van der Waals surface area contributed by atoms with Gasteiger partial charge in [0.05, 0.1) is 5.39 Å². The predicted octanol–water partition coefficient (Wildman–Crippen LogP) is 2.83. The second-order valence-electron chi connectivity index (χ2n) is 4.53. The molecule has 2 heterocycles. The number of nitrogens with zero attached hydrogens (tertiary/aromatic N) is 2. The van der Waals surface area contributed by atoms with Crippen LogP contribution in [0.15, 0.2) is 5.38 Å². The summed E-state index contributed by atoms with van der Waals surface area (Å²) in [5, 5.41) is 15.8. The van der Waals surface area contributed by atoms with Gasteiger partial charge in [-0.15, -0.1) is 11.3 Å². The van der Waals surface area contributed by atoms with Gasteiger partial charge in [-0.2, -0.15) is 11.8 Å². The maximum Gasteiger partial charge on any atom is 0.139 e. The zero-order chi connectivity index (χ0) is 13.8. The summed E-state index contributed by atoms with van der Waals surface area (Å²) in [4.78, 5) is 10.0. The van der Waals surface area contributed by atoms with Crippen LogP contribution in [0.1, 0.15) is 17.8 Å². The number of fused-ring (bicyclic) bond motifs is 1. The van der Waals surface area contributed by atoms with Crippen LogP contribution in [0.3, 0.4) is 0 Å². The fourth-order valence-electron chi connectivity index (χ4n) is 2.04. The number of hydrogen-bond acceptors (Lipinski definition) is 6. The predicted molar refractivity (Wildman–Crippen MR) is 84.4 cm³/mol. The zero-order valence-electron chi connectivity index (χ0n) is 11.4. The molecule has 4 nitrogen and oxygen atoms in total. The summed E-state index contributed by atoms with van der Waals surface area (Å²) >= 11 is 3.42. The lowest BCUT2D eigenvalue weighted by Gasteiger charge is -2.18. The first-order valence-corrected chi connectivity index (χ1v) is 8.51. The van der Waals surface area contributed by atoms with E-state index in [-0.39, 0.29) is 12.6 Å². The Labute approximate surface area is 121 Å². The van der Waals surface area contributed by atoms with Gasteiger partial charge in [0.15, 0.2) is 0 Å². The molecule has 2 aromatic rings. The molecule has 0 radical (unpaired) electrons. The van der Waals surface area contributed by atoms with Crippen molar-refractivity contribution in [3.05, 3.63) is 16.8 Å². The van der Waals surface area contributed by atoms with E-state index in [9.17, 15) is 0 Å². The van der Waals surface area contributed by atoms with Gasteiger partial charge in [-0.05, 0) is 37.5 Å². The first kappa shape index (κ1) is 14.6. The number of anilines is 1. The fraction of sp³-hybridized carbons (Fsp3) is 0.538. The summed E-state index contributed by atoms with van der Waals surface area (Å²) in [5.74, 6) is 2.63. The molecule has 0 spiro atoms. The van der Waals surface area contributed by atoms with Crippen LogP contribution in [0.4, 0.5) is 5.82 Å². The monoisotopic (exact) mass is 297 g/mol. The summed E-state index contributed by atoms with van der Waals surface area (Å²) in [5.41, 5.74) is 1.20. The van der Waals surface area contributed by atoms with E-state index in [1.807, 2.05) is 6.92 Å². The average Bonchev–Trinajstić information content (AvgIpc) is 2.71. The van der Waals surface area contributed by atoms with Crippen LogP contribution in [-0.2, 0) is 0 Å². The smallest absolute Gasteiger partial charge is 0.139 e. The molecule has 0 saturated carbocycles. The summed E-state index contributed by atoms with van der Waals surface area (Å²) in [6, 6.07) is 0.233. The van der Waals surface area contributed by atoms with Crippen molar-refractivity contribution in [3.63, 3.8) is 0 Å². The van der Waals surface area contributed by atoms with E-state index in [0.717, 1.165) is 34.0 Å². The Morgan fingerprint density at radius 1 is 1.42 bits per heavy atom. The van der Waals surface area contributed by atoms with E-state index in [1.165, 1.54) is 5.56 Å². The van der Waals surface area contributed by atoms with E-state index in [1.54, 1.807) is 23.1 Å². The van der Waals surface area contributed by atoms with Gasteiger partial charge in [-0.1, -0.05) is 0 Å². The van der Waals surface area contributed by atoms with Crippen molar-refractivity contribution in [1.29, 1.82) is 0 Å².